The van der Waals surface area contributed by atoms with Gasteiger partial charge in [-0.15, -0.1) is 0 Å². The third-order valence-electron chi connectivity index (χ3n) is 4.37. The van der Waals surface area contributed by atoms with Gasteiger partial charge in [0.25, 0.3) is 0 Å². The molecule has 0 saturated heterocycles. The second-order valence-corrected chi connectivity index (χ2v) is 6.57. The summed E-state index contributed by atoms with van der Waals surface area (Å²) in [5.74, 6) is -0.103. The number of aromatic carboxylic acids is 1. The molecule has 0 bridgehead atoms. The molecule has 0 spiro atoms. The highest BCUT2D eigenvalue weighted by Gasteiger charge is 2.21. The van der Waals surface area contributed by atoms with Gasteiger partial charge in [0.05, 0.1) is 7.11 Å². The van der Waals surface area contributed by atoms with Gasteiger partial charge in [0, 0.05) is 22.3 Å². The van der Waals surface area contributed by atoms with Crippen molar-refractivity contribution in [1.29, 1.82) is 0 Å². The lowest BCUT2D eigenvalue weighted by Crippen LogP contribution is -2.09. The number of methoxy groups -OCH3 is 1. The predicted molar refractivity (Wildman–Crippen MR) is 108 cm³/mol. The first kappa shape index (κ1) is 19.7. The van der Waals surface area contributed by atoms with Gasteiger partial charge in [0.15, 0.2) is 11.4 Å². The Morgan fingerprint density at radius 2 is 1.93 bits per heavy atom. The maximum Gasteiger partial charge on any atom is 0.358 e. The highest BCUT2D eigenvalue weighted by atomic mass is 35.5. The smallest absolute Gasteiger partial charge is 0.358 e. The van der Waals surface area contributed by atoms with Gasteiger partial charge in [-0.3, -0.25) is 0 Å². The number of hydrogen-bond donors (Lipinski definition) is 1. The quantitative estimate of drug-likeness (QED) is 0.589. The summed E-state index contributed by atoms with van der Waals surface area (Å²) in [5.41, 5.74) is 3.24. The van der Waals surface area contributed by atoms with E-state index in [9.17, 15) is 9.90 Å². The predicted octanol–water partition coefficient (Wildman–Crippen LogP) is 5.25. The lowest BCUT2D eigenvalue weighted by atomic mass is 9.98. The minimum absolute atomic E-state index is 0.101. The van der Waals surface area contributed by atoms with Crippen molar-refractivity contribution in [2.45, 2.75) is 20.0 Å². The summed E-state index contributed by atoms with van der Waals surface area (Å²) in [5, 5.41) is 10.2. The molecule has 6 heteroatoms. The van der Waals surface area contributed by atoms with Crippen LogP contribution in [0.5, 0.6) is 11.5 Å². The van der Waals surface area contributed by atoms with Crippen LogP contribution in [-0.2, 0) is 13.0 Å². The molecule has 0 atom stereocenters. The second-order valence-electron chi connectivity index (χ2n) is 6.13. The van der Waals surface area contributed by atoms with E-state index in [-0.39, 0.29) is 18.1 Å². The van der Waals surface area contributed by atoms with Crippen molar-refractivity contribution in [3.05, 3.63) is 76.6 Å². The Balaban J connectivity index is 2.01. The lowest BCUT2D eigenvalue weighted by Gasteiger charge is -2.17. The van der Waals surface area contributed by atoms with E-state index in [1.807, 2.05) is 49.4 Å². The molecule has 0 fully saturated rings. The average molecular weight is 398 g/mol. The van der Waals surface area contributed by atoms with E-state index >= 15 is 0 Å². The second kappa shape index (κ2) is 8.76. The van der Waals surface area contributed by atoms with Crippen LogP contribution in [0.15, 0.2) is 54.7 Å². The number of carboxylic acid groups (broad SMARTS) is 1. The highest BCUT2D eigenvalue weighted by molar-refractivity contribution is 6.30. The first-order valence-corrected chi connectivity index (χ1v) is 9.18. The van der Waals surface area contributed by atoms with Crippen molar-refractivity contribution in [2.75, 3.05) is 7.11 Å². The van der Waals surface area contributed by atoms with Gasteiger partial charge in [0.2, 0.25) is 0 Å². The molecule has 1 aromatic heterocycles. The summed E-state index contributed by atoms with van der Waals surface area (Å²) < 4.78 is 11.1. The van der Waals surface area contributed by atoms with E-state index in [0.29, 0.717) is 11.4 Å². The third-order valence-corrected chi connectivity index (χ3v) is 4.61. The number of pyridine rings is 1. The van der Waals surface area contributed by atoms with E-state index in [4.69, 9.17) is 21.1 Å². The molecule has 0 radical (unpaired) electrons. The zero-order valence-corrected chi connectivity index (χ0v) is 16.4. The van der Waals surface area contributed by atoms with E-state index in [1.165, 1.54) is 0 Å². The van der Waals surface area contributed by atoms with Gasteiger partial charge in [-0.05, 0) is 41.8 Å². The molecule has 3 rings (SSSR count). The number of benzene rings is 2. The third kappa shape index (κ3) is 4.26. The molecule has 0 aliphatic carbocycles. The summed E-state index contributed by atoms with van der Waals surface area (Å²) in [6, 6.07) is 14.8. The molecule has 0 saturated carbocycles. The van der Waals surface area contributed by atoms with Crippen LogP contribution in [0.1, 0.15) is 28.5 Å². The van der Waals surface area contributed by atoms with Crippen molar-refractivity contribution < 1.29 is 19.4 Å². The summed E-state index contributed by atoms with van der Waals surface area (Å²) in [7, 11) is 1.60. The van der Waals surface area contributed by atoms with Crippen molar-refractivity contribution in [2.24, 2.45) is 0 Å². The number of carboxylic acids is 1. The molecule has 144 valence electrons. The Kier molecular flexibility index (Phi) is 6.16. The SMILES string of the molecule is CCc1c(-c2cccc(Cl)c2)cnc(C(=O)O)c1OCc1ccc(OC)cc1. The van der Waals surface area contributed by atoms with Crippen LogP contribution in [0, 0.1) is 0 Å². The van der Waals surface area contributed by atoms with Crippen molar-refractivity contribution >= 4 is 17.6 Å². The zero-order valence-electron chi connectivity index (χ0n) is 15.6. The largest absolute Gasteiger partial charge is 0.497 e. The average Bonchev–Trinajstić information content (AvgIpc) is 2.71. The van der Waals surface area contributed by atoms with E-state index in [2.05, 4.69) is 4.98 Å². The molecular weight excluding hydrogens is 378 g/mol. The van der Waals surface area contributed by atoms with Gasteiger partial charge in [-0.2, -0.15) is 0 Å². The van der Waals surface area contributed by atoms with E-state index < -0.39 is 5.97 Å². The number of carbonyl (C=O) groups is 1. The summed E-state index contributed by atoms with van der Waals surface area (Å²) >= 11 is 6.12. The molecule has 0 unspecified atom stereocenters. The molecule has 2 aromatic carbocycles. The fourth-order valence-electron chi connectivity index (χ4n) is 2.97. The molecule has 3 aromatic rings. The first-order chi connectivity index (χ1) is 13.5. The van der Waals surface area contributed by atoms with Crippen molar-refractivity contribution in [3.8, 4) is 22.6 Å². The van der Waals surface area contributed by atoms with Crippen LogP contribution in [0.3, 0.4) is 0 Å². The summed E-state index contributed by atoms with van der Waals surface area (Å²) in [6.45, 7) is 2.17. The van der Waals surface area contributed by atoms with Crippen LogP contribution in [0.4, 0.5) is 0 Å². The van der Waals surface area contributed by atoms with Crippen LogP contribution >= 0.6 is 11.6 Å². The Morgan fingerprint density at radius 1 is 1.18 bits per heavy atom. The fraction of sp³-hybridized carbons (Fsp3) is 0.182. The maximum atomic E-state index is 11.7. The molecule has 28 heavy (non-hydrogen) atoms. The number of rotatable bonds is 7. The molecule has 5 nitrogen and oxygen atoms in total. The lowest BCUT2D eigenvalue weighted by molar-refractivity contribution is 0.0684. The van der Waals surface area contributed by atoms with E-state index in [0.717, 1.165) is 28.0 Å². The Morgan fingerprint density at radius 3 is 2.54 bits per heavy atom. The summed E-state index contributed by atoms with van der Waals surface area (Å²) in [4.78, 5) is 15.9. The first-order valence-electron chi connectivity index (χ1n) is 8.80. The van der Waals surface area contributed by atoms with Gasteiger partial charge >= 0.3 is 5.97 Å². The van der Waals surface area contributed by atoms with Gasteiger partial charge in [0.1, 0.15) is 12.4 Å². The summed E-state index contributed by atoms with van der Waals surface area (Å²) in [6.07, 6.45) is 2.15. The van der Waals surface area contributed by atoms with Crippen LogP contribution in [0.2, 0.25) is 5.02 Å². The normalized spacial score (nSPS) is 10.5. The number of aromatic nitrogens is 1. The van der Waals surface area contributed by atoms with Gasteiger partial charge in [-0.1, -0.05) is 42.8 Å². The topological polar surface area (TPSA) is 68.7 Å². The zero-order chi connectivity index (χ0) is 20.1. The van der Waals surface area contributed by atoms with Crippen molar-refractivity contribution in [1.82, 2.24) is 4.98 Å². The minimum Gasteiger partial charge on any atom is -0.497 e. The Labute approximate surface area is 168 Å². The number of ether oxygens (including phenoxy) is 2. The van der Waals surface area contributed by atoms with Crippen LogP contribution in [0.25, 0.3) is 11.1 Å². The monoisotopic (exact) mass is 397 g/mol. The fourth-order valence-corrected chi connectivity index (χ4v) is 3.16. The minimum atomic E-state index is -1.13. The Hall–Kier alpha value is -3.05. The molecule has 1 N–H and O–H groups in total. The molecule has 0 aliphatic heterocycles. The van der Waals surface area contributed by atoms with Gasteiger partial charge in [-0.25, -0.2) is 9.78 Å². The molecule has 1 heterocycles. The van der Waals surface area contributed by atoms with Gasteiger partial charge < -0.3 is 14.6 Å². The standard InChI is InChI=1S/C22H20ClNO4/c1-3-18-19(15-5-4-6-16(23)11-15)12-24-20(22(25)26)21(18)28-13-14-7-9-17(27-2)10-8-14/h4-12H,3,13H2,1-2H3,(H,25,26). The highest BCUT2D eigenvalue weighted by Crippen LogP contribution is 2.34. The number of halogens is 1. The maximum absolute atomic E-state index is 11.7. The van der Waals surface area contributed by atoms with Crippen LogP contribution < -0.4 is 9.47 Å². The van der Waals surface area contributed by atoms with Crippen molar-refractivity contribution in [3.63, 3.8) is 0 Å². The molecular formula is C22H20ClNO4. The number of hydrogen-bond acceptors (Lipinski definition) is 4. The Bertz CT molecular complexity index is 986. The molecule has 0 aliphatic rings. The number of nitrogens with zero attached hydrogens (tertiary/aromatic N) is 1. The van der Waals surface area contributed by atoms with Crippen LogP contribution in [-0.4, -0.2) is 23.2 Å². The molecule has 0 amide bonds. The van der Waals surface area contributed by atoms with E-state index in [1.54, 1.807) is 19.4 Å².